The summed E-state index contributed by atoms with van der Waals surface area (Å²) in [7, 11) is 0. The molecule has 0 aliphatic heterocycles. The van der Waals surface area contributed by atoms with E-state index in [-0.39, 0.29) is 29.4 Å². The van der Waals surface area contributed by atoms with E-state index in [1.807, 2.05) is 6.92 Å². The first-order chi connectivity index (χ1) is 11.1. The zero-order valence-electron chi connectivity index (χ0n) is 16.9. The summed E-state index contributed by atoms with van der Waals surface area (Å²) >= 11 is 0. The molecule has 0 saturated heterocycles. The van der Waals surface area contributed by atoms with Crippen LogP contribution in [0.5, 0.6) is 11.5 Å². The summed E-state index contributed by atoms with van der Waals surface area (Å²) in [6, 6.07) is 0. The van der Waals surface area contributed by atoms with Gasteiger partial charge in [-0.15, -0.1) is 0 Å². The van der Waals surface area contributed by atoms with Gasteiger partial charge >= 0.3 is 0 Å². The Morgan fingerprint density at radius 2 is 1.33 bits per heavy atom. The van der Waals surface area contributed by atoms with E-state index in [1.165, 1.54) is 0 Å². The van der Waals surface area contributed by atoms with E-state index in [4.69, 9.17) is 11.3 Å². The van der Waals surface area contributed by atoms with E-state index in [2.05, 4.69) is 55.4 Å². The molecule has 0 aliphatic rings. The lowest BCUT2D eigenvalue weighted by molar-refractivity contribution is 0.310. The maximum atomic E-state index is 11.0. The average molecular weight is 331 g/mol. The van der Waals surface area contributed by atoms with Crippen LogP contribution in [0, 0.1) is 12.5 Å². The molecule has 0 aliphatic carbocycles. The minimum atomic E-state index is 0.124. The van der Waals surface area contributed by atoms with Crippen molar-refractivity contribution in [3.05, 3.63) is 28.8 Å². The van der Waals surface area contributed by atoms with Crippen molar-refractivity contribution in [3.63, 3.8) is 0 Å². The normalized spacial score (nSPS) is 11.9. The van der Waals surface area contributed by atoms with Gasteiger partial charge in [-0.25, -0.2) is 0 Å². The Hall–Kier alpha value is -1.44. The summed E-state index contributed by atoms with van der Waals surface area (Å²) in [5.41, 5.74) is 4.62. The predicted octanol–water partition coefficient (Wildman–Crippen LogP) is 6.51. The fourth-order valence-corrected chi connectivity index (χ4v) is 3.37. The molecule has 0 bridgehead atoms. The second-order valence-corrected chi connectivity index (χ2v) is 7.76. The third-order valence-corrected chi connectivity index (χ3v) is 4.41. The number of aromatic hydroxyl groups is 1. The van der Waals surface area contributed by atoms with E-state index in [0.717, 1.165) is 22.3 Å². The van der Waals surface area contributed by atoms with Crippen LogP contribution in [0.4, 0.5) is 0 Å². The number of benzene rings is 1. The van der Waals surface area contributed by atoms with Gasteiger partial charge < -0.3 is 9.84 Å². The standard InChI is InChI=1S/C22H34O2/c1-11-24-22-19(15(8)9)20(16(10)12(2)3)17(13(4)5)18(14(6)7)21(22)23/h12-15,23H,11H2,1-9H3. The number of allylic oxidation sites excluding steroid dienone is 1. The maximum absolute atomic E-state index is 11.0. The summed E-state index contributed by atoms with van der Waals surface area (Å²) < 4.78 is 5.88. The van der Waals surface area contributed by atoms with E-state index in [1.54, 1.807) is 0 Å². The van der Waals surface area contributed by atoms with Gasteiger partial charge in [-0.05, 0) is 53.9 Å². The van der Waals surface area contributed by atoms with Crippen LogP contribution in [0.2, 0.25) is 0 Å². The largest absolute Gasteiger partial charge is 0.504 e. The molecule has 1 aromatic carbocycles. The minimum Gasteiger partial charge on any atom is -0.504 e. The number of rotatable bonds is 7. The topological polar surface area (TPSA) is 29.5 Å². The highest BCUT2D eigenvalue weighted by Gasteiger charge is 2.30. The van der Waals surface area contributed by atoms with E-state index >= 15 is 0 Å². The lowest BCUT2D eigenvalue weighted by Crippen LogP contribution is -2.13. The summed E-state index contributed by atoms with van der Waals surface area (Å²) in [6.07, 6.45) is 0. The van der Waals surface area contributed by atoms with E-state index in [9.17, 15) is 5.11 Å². The van der Waals surface area contributed by atoms with Crippen LogP contribution in [0.3, 0.4) is 0 Å². The number of phenolic OH excluding ortho intramolecular Hbond substituents is 1. The van der Waals surface area contributed by atoms with Crippen LogP contribution in [0.15, 0.2) is 0 Å². The molecule has 134 valence electrons. The van der Waals surface area contributed by atoms with Gasteiger partial charge in [0, 0.05) is 11.1 Å². The zero-order chi connectivity index (χ0) is 18.8. The first-order valence-corrected chi connectivity index (χ1v) is 9.20. The molecule has 24 heavy (non-hydrogen) atoms. The van der Waals surface area contributed by atoms with Gasteiger partial charge in [-0.3, -0.25) is 0 Å². The van der Waals surface area contributed by atoms with Crippen molar-refractivity contribution in [1.82, 2.24) is 0 Å². The second-order valence-electron chi connectivity index (χ2n) is 7.76. The highest BCUT2D eigenvalue weighted by Crippen LogP contribution is 2.50. The minimum absolute atomic E-state index is 0.124. The van der Waals surface area contributed by atoms with Gasteiger partial charge in [-0.1, -0.05) is 55.4 Å². The predicted molar refractivity (Wildman–Crippen MR) is 103 cm³/mol. The quantitative estimate of drug-likeness (QED) is 0.617. The molecule has 1 rings (SSSR count). The molecule has 0 amide bonds. The Morgan fingerprint density at radius 3 is 1.67 bits per heavy atom. The van der Waals surface area contributed by atoms with Crippen molar-refractivity contribution in [2.45, 2.75) is 80.1 Å². The van der Waals surface area contributed by atoms with Gasteiger partial charge in [0.05, 0.1) is 6.61 Å². The third-order valence-electron chi connectivity index (χ3n) is 4.41. The average Bonchev–Trinajstić information content (AvgIpc) is 2.46. The van der Waals surface area contributed by atoms with Gasteiger partial charge in [-0.2, -0.15) is 0 Å². The molecule has 2 radical (unpaired) electrons. The van der Waals surface area contributed by atoms with Crippen molar-refractivity contribution in [1.29, 1.82) is 0 Å². The Kier molecular flexibility index (Phi) is 6.95. The molecule has 0 saturated carbocycles. The molecular weight excluding hydrogens is 296 g/mol. The third kappa shape index (κ3) is 3.79. The number of ether oxygens (including phenoxy) is 1. The Bertz CT molecular complexity index is 593. The van der Waals surface area contributed by atoms with Crippen LogP contribution in [0.1, 0.15) is 102 Å². The van der Waals surface area contributed by atoms with Crippen LogP contribution in [-0.2, 0) is 0 Å². The molecule has 0 spiro atoms. The van der Waals surface area contributed by atoms with Gasteiger partial charge in [0.15, 0.2) is 11.5 Å². The highest BCUT2D eigenvalue weighted by atomic mass is 16.5. The fraction of sp³-hybridized carbons (Fsp3) is 0.636. The van der Waals surface area contributed by atoms with Crippen molar-refractivity contribution in [3.8, 4) is 11.5 Å². The first kappa shape index (κ1) is 20.6. The Balaban J connectivity index is 4.08. The Morgan fingerprint density at radius 1 is 0.875 bits per heavy atom. The molecule has 2 nitrogen and oxygen atoms in total. The summed E-state index contributed by atoms with van der Waals surface area (Å²) in [6.45, 7) is 28.0. The molecule has 0 fully saturated rings. The first-order valence-electron chi connectivity index (χ1n) is 9.20. The van der Waals surface area contributed by atoms with Crippen LogP contribution in [0.25, 0.3) is 5.57 Å². The highest BCUT2D eigenvalue weighted by molar-refractivity contribution is 5.77. The van der Waals surface area contributed by atoms with E-state index in [0.29, 0.717) is 17.9 Å². The molecule has 2 heteroatoms. The number of phenols is 1. The van der Waals surface area contributed by atoms with Gasteiger partial charge in [0.2, 0.25) is 0 Å². The number of hydrogen-bond donors (Lipinski definition) is 1. The zero-order valence-corrected chi connectivity index (χ0v) is 16.9. The SMILES string of the molecule is [C]=C(c1c(C(C)C)c(OCC)c(O)c(C(C)C)c1C(C)C)C(C)C. The molecule has 0 heterocycles. The van der Waals surface area contributed by atoms with Gasteiger partial charge in [0.1, 0.15) is 0 Å². The lowest BCUT2D eigenvalue weighted by atomic mass is 9.76. The molecular formula is C22H34O2. The van der Waals surface area contributed by atoms with Gasteiger partial charge in [0.25, 0.3) is 0 Å². The molecule has 1 N–H and O–H groups in total. The summed E-state index contributed by atoms with van der Waals surface area (Å²) in [4.78, 5) is 0. The number of hydrogen-bond acceptors (Lipinski definition) is 2. The Labute approximate surface area is 148 Å². The van der Waals surface area contributed by atoms with Crippen LogP contribution in [-0.4, -0.2) is 11.7 Å². The summed E-state index contributed by atoms with van der Waals surface area (Å²) in [5, 5.41) is 11.0. The molecule has 1 aromatic rings. The summed E-state index contributed by atoms with van der Waals surface area (Å²) in [5.74, 6) is 1.53. The maximum Gasteiger partial charge on any atom is 0.165 e. The smallest absolute Gasteiger partial charge is 0.165 e. The van der Waals surface area contributed by atoms with Crippen molar-refractivity contribution in [2.24, 2.45) is 5.92 Å². The van der Waals surface area contributed by atoms with Crippen LogP contribution >= 0.6 is 0 Å². The second kappa shape index (κ2) is 8.09. The fourth-order valence-electron chi connectivity index (χ4n) is 3.37. The lowest BCUT2D eigenvalue weighted by Gasteiger charge is -2.30. The van der Waals surface area contributed by atoms with Crippen molar-refractivity contribution in [2.75, 3.05) is 6.61 Å². The van der Waals surface area contributed by atoms with Crippen molar-refractivity contribution < 1.29 is 9.84 Å². The molecule has 0 aromatic heterocycles. The van der Waals surface area contributed by atoms with Crippen LogP contribution < -0.4 is 4.74 Å². The molecule has 0 atom stereocenters. The van der Waals surface area contributed by atoms with Crippen molar-refractivity contribution >= 4 is 5.57 Å². The monoisotopic (exact) mass is 330 g/mol. The van der Waals surface area contributed by atoms with E-state index < -0.39 is 0 Å². The molecule has 0 unspecified atom stereocenters.